The zero-order valence-electron chi connectivity index (χ0n) is 20.7. The van der Waals surface area contributed by atoms with Crippen molar-refractivity contribution in [3.8, 4) is 5.75 Å². The van der Waals surface area contributed by atoms with Crippen molar-refractivity contribution in [2.24, 2.45) is 18.0 Å². The first-order valence-corrected chi connectivity index (χ1v) is 11.5. The van der Waals surface area contributed by atoms with E-state index in [4.69, 9.17) is 4.74 Å². The highest BCUT2D eigenvalue weighted by Gasteiger charge is 2.32. The highest BCUT2D eigenvalue weighted by atomic mass is 19.4. The van der Waals surface area contributed by atoms with Crippen molar-refractivity contribution < 1.29 is 27.8 Å². The molecule has 0 atom stereocenters. The molecule has 0 saturated heterocycles. The number of halogens is 3. The number of aromatic nitrogens is 2. The quantitative estimate of drug-likeness (QED) is 0.644. The minimum atomic E-state index is -4.62. The topological polar surface area (TPSA) is 68.8 Å². The zero-order valence-corrected chi connectivity index (χ0v) is 20.7. The maximum atomic E-state index is 13.4. The van der Waals surface area contributed by atoms with Crippen LogP contribution in [0.3, 0.4) is 0 Å². The molecule has 2 aromatic rings. The van der Waals surface area contributed by atoms with Gasteiger partial charge in [-0.05, 0) is 50.8 Å². The smallest absolute Gasteiger partial charge is 0.416 e. The Hall–Kier alpha value is -2.55. The van der Waals surface area contributed by atoms with E-state index in [-0.39, 0.29) is 23.3 Å². The van der Waals surface area contributed by atoms with Crippen LogP contribution in [0, 0.1) is 5.92 Å². The van der Waals surface area contributed by atoms with E-state index in [0.29, 0.717) is 18.0 Å². The van der Waals surface area contributed by atoms with Crippen molar-refractivity contribution in [3.05, 3.63) is 46.6 Å². The average molecular weight is 481 g/mol. The molecule has 1 aromatic carbocycles. The maximum Gasteiger partial charge on any atom is 0.416 e. The first kappa shape index (κ1) is 26.1. The highest BCUT2D eigenvalue weighted by molar-refractivity contribution is 5.97. The van der Waals surface area contributed by atoms with E-state index in [1.165, 1.54) is 20.3 Å². The minimum Gasteiger partial charge on any atom is -0.490 e. The molecule has 1 N–H and O–H groups in total. The van der Waals surface area contributed by atoms with Crippen LogP contribution in [0.1, 0.15) is 75.5 Å². The van der Waals surface area contributed by atoms with Crippen molar-refractivity contribution in [2.45, 2.75) is 77.6 Å². The number of benzene rings is 1. The Morgan fingerprint density at radius 2 is 1.79 bits per heavy atom. The van der Waals surface area contributed by atoms with Gasteiger partial charge in [-0.25, -0.2) is 0 Å². The average Bonchev–Trinajstić information content (AvgIpc) is 2.97. The Morgan fingerprint density at radius 3 is 2.29 bits per heavy atom. The third kappa shape index (κ3) is 6.11. The second kappa shape index (κ2) is 9.24. The van der Waals surface area contributed by atoms with Crippen LogP contribution in [-0.2, 0) is 25.2 Å². The number of hydrogen-bond donors (Lipinski definition) is 1. The molecule has 1 aromatic heterocycles. The van der Waals surface area contributed by atoms with Crippen LogP contribution in [0.4, 0.5) is 13.2 Å². The van der Waals surface area contributed by atoms with Gasteiger partial charge >= 0.3 is 6.18 Å². The maximum absolute atomic E-state index is 13.4. The minimum absolute atomic E-state index is 0.0543. The van der Waals surface area contributed by atoms with Crippen molar-refractivity contribution >= 4 is 5.91 Å². The van der Waals surface area contributed by atoms with E-state index in [9.17, 15) is 23.1 Å². The highest BCUT2D eigenvalue weighted by Crippen LogP contribution is 2.33. The number of hydrogen-bond acceptors (Lipinski definition) is 3. The number of aliphatic hydroxyl groups is 1. The molecule has 1 amide bonds. The molecule has 1 saturated carbocycles. The molecule has 1 aliphatic carbocycles. The lowest BCUT2D eigenvalue weighted by molar-refractivity contribution is -0.137. The summed E-state index contributed by atoms with van der Waals surface area (Å²) in [4.78, 5) is 17.5. The molecule has 34 heavy (non-hydrogen) atoms. The van der Waals surface area contributed by atoms with Crippen molar-refractivity contribution in [1.82, 2.24) is 9.36 Å². The number of rotatable bonds is 6. The molecule has 0 radical (unpaired) electrons. The predicted molar refractivity (Wildman–Crippen MR) is 123 cm³/mol. The summed E-state index contributed by atoms with van der Waals surface area (Å²) in [6.07, 6.45) is -1.27. The summed E-state index contributed by atoms with van der Waals surface area (Å²) in [7, 11) is 1.91. The van der Waals surface area contributed by atoms with Gasteiger partial charge in [0.05, 0.1) is 16.7 Å². The van der Waals surface area contributed by atoms with Crippen molar-refractivity contribution in [2.75, 3.05) is 6.61 Å². The molecule has 9 heteroatoms. The Kier molecular flexibility index (Phi) is 7.09. The lowest BCUT2D eigenvalue weighted by atomic mass is 9.85. The summed E-state index contributed by atoms with van der Waals surface area (Å²) in [6.45, 7) is 9.66. The molecule has 1 aliphatic rings. The summed E-state index contributed by atoms with van der Waals surface area (Å²) < 4.78 is 49.5. The third-order valence-electron chi connectivity index (χ3n) is 6.00. The van der Waals surface area contributed by atoms with Crippen LogP contribution in [0.5, 0.6) is 5.75 Å². The largest absolute Gasteiger partial charge is 0.490 e. The lowest BCUT2D eigenvalue weighted by Gasteiger charge is -2.27. The first-order valence-electron chi connectivity index (χ1n) is 11.5. The summed E-state index contributed by atoms with van der Waals surface area (Å²) in [6, 6.07) is 4.54. The molecule has 0 spiro atoms. The van der Waals surface area contributed by atoms with Crippen LogP contribution in [0.25, 0.3) is 0 Å². The normalized spacial score (nSPS) is 16.0. The van der Waals surface area contributed by atoms with E-state index < -0.39 is 23.2 Å². The summed E-state index contributed by atoms with van der Waals surface area (Å²) in [5, 5.41) is 9.97. The van der Waals surface area contributed by atoms with Gasteiger partial charge < -0.3 is 9.84 Å². The summed E-state index contributed by atoms with van der Waals surface area (Å²) in [5.74, 6) is -0.402. The Balaban J connectivity index is 2.10. The Labute approximate surface area is 198 Å². The summed E-state index contributed by atoms with van der Waals surface area (Å²) in [5.41, 5.74) is -1.35. The van der Waals surface area contributed by atoms with Gasteiger partial charge in [-0.3, -0.25) is 14.2 Å². The van der Waals surface area contributed by atoms with Crippen molar-refractivity contribution in [1.29, 1.82) is 0 Å². The number of alkyl halides is 3. The van der Waals surface area contributed by atoms with Gasteiger partial charge in [-0.2, -0.15) is 18.2 Å². The molecular weight excluding hydrogens is 446 g/mol. The van der Waals surface area contributed by atoms with Crippen molar-refractivity contribution in [3.63, 3.8) is 0 Å². The zero-order chi connectivity index (χ0) is 25.5. The van der Waals surface area contributed by atoms with Gasteiger partial charge in [0.2, 0.25) is 0 Å². The van der Waals surface area contributed by atoms with E-state index in [2.05, 4.69) is 25.8 Å². The van der Waals surface area contributed by atoms with Gasteiger partial charge in [0.1, 0.15) is 12.4 Å². The molecule has 0 bridgehead atoms. The molecule has 6 nitrogen and oxygen atoms in total. The van der Waals surface area contributed by atoms with Gasteiger partial charge in [-0.1, -0.05) is 27.2 Å². The lowest BCUT2D eigenvalue weighted by Crippen LogP contribution is -2.31. The third-order valence-corrected chi connectivity index (χ3v) is 6.00. The second-order valence-corrected chi connectivity index (χ2v) is 10.8. The summed E-state index contributed by atoms with van der Waals surface area (Å²) >= 11 is 0. The molecule has 0 unspecified atom stereocenters. The van der Waals surface area contributed by atoms with Gasteiger partial charge in [0.15, 0.2) is 5.49 Å². The van der Waals surface area contributed by atoms with Crippen LogP contribution in [0.2, 0.25) is 0 Å². The second-order valence-electron chi connectivity index (χ2n) is 10.8. The SMILES string of the molecule is CC(C)(O)COc1ccc(C(F)(F)F)cc1C(=O)N=c1cc(C(C)(C)C)n([11CH3])n1CC1CCC1. The van der Waals surface area contributed by atoms with E-state index in [1.807, 2.05) is 22.5 Å². The standard InChI is InChI=1S/C25H34F3N3O3/c1-23(2,3)20-13-21(31(30(20)6)14-16-8-7-9-16)29-22(32)18-12-17(25(26,27)28)10-11-19(18)34-15-24(4,5)33/h10-13,16,33H,7-9,14-15H2,1-6H3/i6-1. The number of carbonyl (C=O) groups excluding carboxylic acids is 1. The monoisotopic (exact) mass is 480 g/mol. The molecule has 188 valence electrons. The van der Waals surface area contributed by atoms with Crippen LogP contribution >= 0.6 is 0 Å². The fourth-order valence-electron chi connectivity index (χ4n) is 3.92. The molecule has 1 heterocycles. The molecule has 0 aliphatic heterocycles. The predicted octanol–water partition coefficient (Wildman–Crippen LogP) is 4.83. The van der Waals surface area contributed by atoms with Gasteiger partial charge in [0, 0.05) is 30.8 Å². The van der Waals surface area contributed by atoms with E-state index in [0.717, 1.165) is 36.7 Å². The Morgan fingerprint density at radius 1 is 1.15 bits per heavy atom. The fraction of sp³-hybridized carbons (Fsp3) is 0.600. The number of nitrogens with zero attached hydrogens (tertiary/aromatic N) is 3. The van der Waals surface area contributed by atoms with Gasteiger partial charge in [-0.15, -0.1) is 0 Å². The van der Waals surface area contributed by atoms with Crippen LogP contribution < -0.4 is 10.2 Å². The molecule has 3 rings (SSSR count). The van der Waals surface area contributed by atoms with Gasteiger partial charge in [0.25, 0.3) is 5.91 Å². The first-order chi connectivity index (χ1) is 15.6. The van der Waals surface area contributed by atoms with Crippen LogP contribution in [0.15, 0.2) is 29.3 Å². The molecular formula is C25H34F3N3O3. The number of ether oxygens (including phenoxy) is 1. The van der Waals surface area contributed by atoms with E-state index in [1.54, 1.807) is 0 Å². The van der Waals surface area contributed by atoms with E-state index >= 15 is 0 Å². The Bertz CT molecular complexity index is 1110. The van der Waals surface area contributed by atoms with Crippen LogP contribution in [-0.4, -0.2) is 32.6 Å². The molecule has 1 fully saturated rings. The fourth-order valence-corrected chi connectivity index (χ4v) is 3.92. The number of carbonyl (C=O) groups is 1. The number of amides is 1.